The lowest BCUT2D eigenvalue weighted by molar-refractivity contribution is -0.122. The van der Waals surface area contributed by atoms with E-state index in [0.29, 0.717) is 19.3 Å². The molecule has 1 aliphatic rings. The summed E-state index contributed by atoms with van der Waals surface area (Å²) in [6.45, 7) is 3.74. The molecule has 0 amide bonds. The number of Topliss-reactive ketones (excluding diaryl/α,β-unsaturated/α-hetero) is 1. The van der Waals surface area contributed by atoms with Gasteiger partial charge in [-0.1, -0.05) is 6.08 Å². The average Bonchev–Trinajstić information content (AvgIpc) is 2.45. The van der Waals surface area contributed by atoms with Crippen LogP contribution in [0.1, 0.15) is 25.7 Å². The average molecular weight is 184 g/mol. The van der Waals surface area contributed by atoms with Crippen molar-refractivity contribution in [3.63, 3.8) is 0 Å². The smallest absolute Gasteiger partial charge is 0.164 e. The topological polar surface area (TPSA) is 46.5 Å². The van der Waals surface area contributed by atoms with Gasteiger partial charge >= 0.3 is 0 Å². The fourth-order valence-corrected chi connectivity index (χ4v) is 1.54. The van der Waals surface area contributed by atoms with Gasteiger partial charge in [0.25, 0.3) is 0 Å². The molecular weight excluding hydrogens is 168 g/mol. The van der Waals surface area contributed by atoms with Gasteiger partial charge in [0.15, 0.2) is 5.78 Å². The molecule has 0 bridgehead atoms. The van der Waals surface area contributed by atoms with Gasteiger partial charge in [0.1, 0.15) is 6.10 Å². The Balaban J connectivity index is 2.31. The Bertz CT molecular complexity index is 189. The van der Waals surface area contributed by atoms with E-state index in [1.54, 1.807) is 6.08 Å². The predicted octanol–water partition coefficient (Wildman–Crippen LogP) is 1.06. The third-order valence-corrected chi connectivity index (χ3v) is 2.21. The number of rotatable bonds is 5. The molecule has 0 spiro atoms. The Morgan fingerprint density at radius 3 is 3.08 bits per heavy atom. The van der Waals surface area contributed by atoms with Gasteiger partial charge in [-0.2, -0.15) is 0 Å². The van der Waals surface area contributed by atoms with E-state index in [-0.39, 0.29) is 24.6 Å². The van der Waals surface area contributed by atoms with Crippen LogP contribution in [-0.2, 0) is 9.53 Å². The van der Waals surface area contributed by atoms with E-state index in [1.807, 2.05) is 0 Å². The molecule has 0 radical (unpaired) electrons. The molecule has 1 rings (SSSR count). The van der Waals surface area contributed by atoms with Gasteiger partial charge in [0.2, 0.25) is 0 Å². The zero-order valence-electron chi connectivity index (χ0n) is 7.74. The van der Waals surface area contributed by atoms with Gasteiger partial charge in [-0.15, -0.1) is 6.58 Å². The molecule has 0 aromatic rings. The van der Waals surface area contributed by atoms with Gasteiger partial charge < -0.3 is 9.84 Å². The molecule has 3 nitrogen and oxygen atoms in total. The summed E-state index contributed by atoms with van der Waals surface area (Å²) in [4.78, 5) is 11.3. The Labute approximate surface area is 78.4 Å². The van der Waals surface area contributed by atoms with Gasteiger partial charge in [0.05, 0.1) is 6.10 Å². The van der Waals surface area contributed by atoms with Crippen LogP contribution in [0.4, 0.5) is 0 Å². The number of ketones is 1. The van der Waals surface area contributed by atoms with Crippen molar-refractivity contribution in [2.45, 2.75) is 37.9 Å². The number of ether oxygens (including phenoxy) is 1. The largest absolute Gasteiger partial charge is 0.396 e. The monoisotopic (exact) mass is 184 g/mol. The normalized spacial score (nSPS) is 27.9. The number of carbonyl (C=O) groups excluding carboxylic acids is 1. The van der Waals surface area contributed by atoms with Gasteiger partial charge in [-0.05, 0) is 19.3 Å². The second kappa shape index (κ2) is 5.14. The standard InChI is InChI=1S/C10H16O3/c1-2-4-10-9(12)7-8(13-10)5-3-6-11/h2,8,10-11H,1,3-7H2/t8-,10-/m0/s1. The molecule has 0 unspecified atom stereocenters. The molecule has 0 aliphatic carbocycles. The van der Waals surface area contributed by atoms with Crippen molar-refractivity contribution in [3.05, 3.63) is 12.7 Å². The molecule has 1 saturated heterocycles. The number of aliphatic hydroxyl groups is 1. The van der Waals surface area contributed by atoms with Crippen LogP contribution in [0.15, 0.2) is 12.7 Å². The molecule has 74 valence electrons. The highest BCUT2D eigenvalue weighted by Crippen LogP contribution is 2.22. The van der Waals surface area contributed by atoms with E-state index in [2.05, 4.69) is 6.58 Å². The van der Waals surface area contributed by atoms with Crippen LogP contribution < -0.4 is 0 Å². The quantitative estimate of drug-likeness (QED) is 0.650. The summed E-state index contributed by atoms with van der Waals surface area (Å²) >= 11 is 0. The van der Waals surface area contributed by atoms with Gasteiger partial charge in [-0.25, -0.2) is 0 Å². The lowest BCUT2D eigenvalue weighted by Crippen LogP contribution is -2.14. The fourth-order valence-electron chi connectivity index (χ4n) is 1.54. The van der Waals surface area contributed by atoms with E-state index < -0.39 is 0 Å². The molecule has 1 heterocycles. The zero-order chi connectivity index (χ0) is 9.68. The minimum atomic E-state index is -0.277. The van der Waals surface area contributed by atoms with Crippen molar-refractivity contribution in [1.29, 1.82) is 0 Å². The van der Waals surface area contributed by atoms with Crippen molar-refractivity contribution < 1.29 is 14.6 Å². The van der Waals surface area contributed by atoms with Crippen molar-refractivity contribution in [1.82, 2.24) is 0 Å². The number of carbonyl (C=O) groups is 1. The molecule has 0 aromatic carbocycles. The fraction of sp³-hybridized carbons (Fsp3) is 0.700. The predicted molar refractivity (Wildman–Crippen MR) is 49.4 cm³/mol. The first-order valence-electron chi connectivity index (χ1n) is 4.68. The van der Waals surface area contributed by atoms with Crippen LogP contribution in [0.2, 0.25) is 0 Å². The molecule has 0 saturated carbocycles. The Morgan fingerprint density at radius 2 is 2.46 bits per heavy atom. The van der Waals surface area contributed by atoms with Crippen LogP contribution >= 0.6 is 0 Å². The lowest BCUT2D eigenvalue weighted by atomic mass is 10.1. The summed E-state index contributed by atoms with van der Waals surface area (Å²) in [5.74, 6) is 0.169. The third kappa shape index (κ3) is 2.94. The minimum absolute atomic E-state index is 0.0181. The van der Waals surface area contributed by atoms with Crippen molar-refractivity contribution in [2.75, 3.05) is 6.61 Å². The zero-order valence-corrected chi connectivity index (χ0v) is 7.74. The van der Waals surface area contributed by atoms with Crippen LogP contribution in [-0.4, -0.2) is 29.7 Å². The molecular formula is C10H16O3. The first-order chi connectivity index (χ1) is 6.27. The second-order valence-electron chi connectivity index (χ2n) is 3.31. The van der Waals surface area contributed by atoms with E-state index in [9.17, 15) is 4.79 Å². The Kier molecular flexibility index (Phi) is 4.12. The summed E-state index contributed by atoms with van der Waals surface area (Å²) < 4.78 is 5.48. The third-order valence-electron chi connectivity index (χ3n) is 2.21. The summed E-state index contributed by atoms with van der Waals surface area (Å²) in [5, 5.41) is 8.61. The molecule has 0 aromatic heterocycles. The summed E-state index contributed by atoms with van der Waals surface area (Å²) in [7, 11) is 0. The van der Waals surface area contributed by atoms with Crippen molar-refractivity contribution in [2.24, 2.45) is 0 Å². The Hall–Kier alpha value is -0.670. The lowest BCUT2D eigenvalue weighted by Gasteiger charge is -2.09. The highest BCUT2D eigenvalue weighted by molar-refractivity contribution is 5.85. The maximum absolute atomic E-state index is 11.3. The Morgan fingerprint density at radius 1 is 1.69 bits per heavy atom. The first kappa shape index (κ1) is 10.4. The molecule has 1 fully saturated rings. The summed E-state index contributed by atoms with van der Waals surface area (Å²) in [5.41, 5.74) is 0. The molecule has 1 N–H and O–H groups in total. The maximum atomic E-state index is 11.3. The van der Waals surface area contributed by atoms with Crippen LogP contribution in [0.5, 0.6) is 0 Å². The molecule has 13 heavy (non-hydrogen) atoms. The molecule has 2 atom stereocenters. The summed E-state index contributed by atoms with van der Waals surface area (Å²) in [6.07, 6.45) is 4.03. The highest BCUT2D eigenvalue weighted by Gasteiger charge is 2.31. The van der Waals surface area contributed by atoms with Gasteiger partial charge in [0, 0.05) is 13.0 Å². The number of aliphatic hydroxyl groups excluding tert-OH is 1. The van der Waals surface area contributed by atoms with Crippen molar-refractivity contribution in [3.8, 4) is 0 Å². The first-order valence-corrected chi connectivity index (χ1v) is 4.68. The highest BCUT2D eigenvalue weighted by atomic mass is 16.5. The van der Waals surface area contributed by atoms with Crippen LogP contribution in [0.25, 0.3) is 0 Å². The second-order valence-corrected chi connectivity index (χ2v) is 3.31. The molecule has 1 aliphatic heterocycles. The van der Waals surface area contributed by atoms with E-state index in [0.717, 1.165) is 6.42 Å². The van der Waals surface area contributed by atoms with Crippen LogP contribution in [0, 0.1) is 0 Å². The van der Waals surface area contributed by atoms with E-state index in [4.69, 9.17) is 9.84 Å². The van der Waals surface area contributed by atoms with Crippen molar-refractivity contribution >= 4 is 5.78 Å². The SMILES string of the molecule is C=CC[C@@H]1O[C@@H](CCCO)CC1=O. The van der Waals surface area contributed by atoms with E-state index in [1.165, 1.54) is 0 Å². The molecule has 3 heteroatoms. The number of hydrogen-bond acceptors (Lipinski definition) is 3. The number of hydrogen-bond donors (Lipinski definition) is 1. The minimum Gasteiger partial charge on any atom is -0.396 e. The van der Waals surface area contributed by atoms with Gasteiger partial charge in [-0.3, -0.25) is 4.79 Å². The van der Waals surface area contributed by atoms with Crippen LogP contribution in [0.3, 0.4) is 0 Å². The summed E-state index contributed by atoms with van der Waals surface area (Å²) in [6, 6.07) is 0. The van der Waals surface area contributed by atoms with E-state index >= 15 is 0 Å². The maximum Gasteiger partial charge on any atom is 0.164 e.